The first-order valence-corrected chi connectivity index (χ1v) is 4.21. The van der Waals surface area contributed by atoms with E-state index < -0.39 is 0 Å². The van der Waals surface area contributed by atoms with E-state index in [0.29, 0.717) is 6.04 Å². The molecule has 0 rings (SSSR count). The Balaban J connectivity index is 2.97. The van der Waals surface area contributed by atoms with Crippen LogP contribution in [0.2, 0.25) is 0 Å². The van der Waals surface area contributed by atoms with Crippen molar-refractivity contribution in [1.29, 1.82) is 0 Å². The van der Waals surface area contributed by atoms with Gasteiger partial charge in [-0.3, -0.25) is 0 Å². The molecule has 0 amide bonds. The SMILES string of the molecule is CCCC(N)CCCNC. The van der Waals surface area contributed by atoms with Crippen LogP contribution in [0.5, 0.6) is 0 Å². The molecule has 2 nitrogen and oxygen atoms in total. The Morgan fingerprint density at radius 3 is 2.60 bits per heavy atom. The Kier molecular flexibility index (Phi) is 6.98. The van der Waals surface area contributed by atoms with Gasteiger partial charge in [0.2, 0.25) is 0 Å². The van der Waals surface area contributed by atoms with Crippen molar-refractivity contribution in [1.82, 2.24) is 5.32 Å². The minimum atomic E-state index is 0.429. The molecule has 0 aromatic rings. The fraction of sp³-hybridized carbons (Fsp3) is 1.00. The summed E-state index contributed by atoms with van der Waals surface area (Å²) in [7, 11) is 1.98. The first kappa shape index (κ1) is 9.92. The lowest BCUT2D eigenvalue weighted by Gasteiger charge is -2.08. The summed E-state index contributed by atoms with van der Waals surface area (Å²) in [6, 6.07) is 0.429. The lowest BCUT2D eigenvalue weighted by molar-refractivity contribution is 0.530. The zero-order chi connectivity index (χ0) is 7.82. The van der Waals surface area contributed by atoms with Gasteiger partial charge in [-0.1, -0.05) is 13.3 Å². The summed E-state index contributed by atoms with van der Waals surface area (Å²) in [6.07, 6.45) is 4.75. The molecule has 1 unspecified atom stereocenters. The van der Waals surface area contributed by atoms with Crippen LogP contribution >= 0.6 is 0 Å². The highest BCUT2D eigenvalue weighted by Gasteiger charge is 1.98. The zero-order valence-corrected chi connectivity index (χ0v) is 7.19. The number of hydrogen-bond acceptors (Lipinski definition) is 2. The van der Waals surface area contributed by atoms with Crippen LogP contribution in [0.4, 0.5) is 0 Å². The van der Waals surface area contributed by atoms with E-state index >= 15 is 0 Å². The Bertz CT molecular complexity index is 64.3. The molecule has 0 aliphatic rings. The Morgan fingerprint density at radius 2 is 2.10 bits per heavy atom. The fourth-order valence-electron chi connectivity index (χ4n) is 1.06. The molecule has 62 valence electrons. The molecule has 0 saturated carbocycles. The predicted molar refractivity (Wildman–Crippen MR) is 46.0 cm³/mol. The minimum absolute atomic E-state index is 0.429. The molecule has 0 aliphatic carbocycles. The smallest absolute Gasteiger partial charge is 0.00391 e. The van der Waals surface area contributed by atoms with Crippen LogP contribution < -0.4 is 11.1 Å². The van der Waals surface area contributed by atoms with Gasteiger partial charge < -0.3 is 11.1 Å². The molecule has 10 heavy (non-hydrogen) atoms. The zero-order valence-electron chi connectivity index (χ0n) is 7.19. The van der Waals surface area contributed by atoms with Gasteiger partial charge in [-0.15, -0.1) is 0 Å². The molecule has 0 radical (unpaired) electrons. The first-order chi connectivity index (χ1) is 4.81. The van der Waals surface area contributed by atoms with Gasteiger partial charge in [0, 0.05) is 6.04 Å². The Hall–Kier alpha value is -0.0800. The third-order valence-corrected chi connectivity index (χ3v) is 1.66. The van der Waals surface area contributed by atoms with Crippen LogP contribution in [-0.2, 0) is 0 Å². The summed E-state index contributed by atoms with van der Waals surface area (Å²) >= 11 is 0. The largest absolute Gasteiger partial charge is 0.328 e. The van der Waals surface area contributed by atoms with E-state index in [1.165, 1.54) is 19.3 Å². The molecule has 0 aliphatic heterocycles. The molecule has 0 aromatic carbocycles. The van der Waals surface area contributed by atoms with Crippen LogP contribution in [-0.4, -0.2) is 19.6 Å². The van der Waals surface area contributed by atoms with Crippen LogP contribution in [0.15, 0.2) is 0 Å². The van der Waals surface area contributed by atoms with Gasteiger partial charge in [0.25, 0.3) is 0 Å². The van der Waals surface area contributed by atoms with E-state index in [9.17, 15) is 0 Å². The minimum Gasteiger partial charge on any atom is -0.328 e. The standard InChI is InChI=1S/C8H20N2/c1-3-5-8(9)6-4-7-10-2/h8,10H,3-7,9H2,1-2H3. The van der Waals surface area contributed by atoms with Gasteiger partial charge in [-0.25, -0.2) is 0 Å². The van der Waals surface area contributed by atoms with E-state index in [0.717, 1.165) is 13.0 Å². The fourth-order valence-corrected chi connectivity index (χ4v) is 1.06. The Labute approximate surface area is 64.2 Å². The van der Waals surface area contributed by atoms with Crippen molar-refractivity contribution in [3.8, 4) is 0 Å². The van der Waals surface area contributed by atoms with E-state index in [1.807, 2.05) is 7.05 Å². The molecule has 0 saturated heterocycles. The lowest BCUT2D eigenvalue weighted by atomic mass is 10.1. The van der Waals surface area contributed by atoms with E-state index in [2.05, 4.69) is 12.2 Å². The van der Waals surface area contributed by atoms with Gasteiger partial charge >= 0.3 is 0 Å². The second-order valence-corrected chi connectivity index (χ2v) is 2.79. The highest BCUT2D eigenvalue weighted by Crippen LogP contribution is 2.00. The maximum Gasteiger partial charge on any atom is 0.00391 e. The molecule has 0 heterocycles. The molecule has 3 N–H and O–H groups in total. The average Bonchev–Trinajstić information content (AvgIpc) is 1.89. The van der Waals surface area contributed by atoms with Crippen LogP contribution in [0, 0.1) is 0 Å². The van der Waals surface area contributed by atoms with E-state index in [-0.39, 0.29) is 0 Å². The number of nitrogens with one attached hydrogen (secondary N) is 1. The first-order valence-electron chi connectivity index (χ1n) is 4.21. The van der Waals surface area contributed by atoms with Crippen LogP contribution in [0.3, 0.4) is 0 Å². The van der Waals surface area contributed by atoms with Gasteiger partial charge in [-0.2, -0.15) is 0 Å². The molecular weight excluding hydrogens is 124 g/mol. The number of rotatable bonds is 6. The van der Waals surface area contributed by atoms with Gasteiger partial charge in [-0.05, 0) is 32.9 Å². The van der Waals surface area contributed by atoms with Crippen molar-refractivity contribution in [3.63, 3.8) is 0 Å². The third kappa shape index (κ3) is 6.05. The lowest BCUT2D eigenvalue weighted by Crippen LogP contribution is -2.21. The van der Waals surface area contributed by atoms with Crippen LogP contribution in [0.1, 0.15) is 32.6 Å². The van der Waals surface area contributed by atoms with Crippen molar-refractivity contribution in [3.05, 3.63) is 0 Å². The van der Waals surface area contributed by atoms with E-state index in [4.69, 9.17) is 5.73 Å². The summed E-state index contributed by atoms with van der Waals surface area (Å²) < 4.78 is 0. The molecule has 1 atom stereocenters. The molecular formula is C8H20N2. The summed E-state index contributed by atoms with van der Waals surface area (Å²) in [5.74, 6) is 0. The summed E-state index contributed by atoms with van der Waals surface area (Å²) in [5, 5.41) is 3.11. The van der Waals surface area contributed by atoms with Crippen molar-refractivity contribution < 1.29 is 0 Å². The maximum atomic E-state index is 5.80. The van der Waals surface area contributed by atoms with Crippen molar-refractivity contribution in [2.75, 3.05) is 13.6 Å². The quantitative estimate of drug-likeness (QED) is 0.548. The average molecular weight is 144 g/mol. The maximum absolute atomic E-state index is 5.80. The molecule has 0 bridgehead atoms. The normalized spacial score (nSPS) is 13.5. The van der Waals surface area contributed by atoms with E-state index in [1.54, 1.807) is 0 Å². The van der Waals surface area contributed by atoms with Gasteiger partial charge in [0.15, 0.2) is 0 Å². The number of nitrogens with two attached hydrogens (primary N) is 1. The molecule has 0 spiro atoms. The predicted octanol–water partition coefficient (Wildman–Crippen LogP) is 1.11. The number of hydrogen-bond donors (Lipinski definition) is 2. The second kappa shape index (κ2) is 7.03. The summed E-state index contributed by atoms with van der Waals surface area (Å²) in [4.78, 5) is 0. The molecule has 0 aromatic heterocycles. The topological polar surface area (TPSA) is 38.0 Å². The monoisotopic (exact) mass is 144 g/mol. The summed E-state index contributed by atoms with van der Waals surface area (Å²) in [5.41, 5.74) is 5.80. The Morgan fingerprint density at radius 1 is 1.40 bits per heavy atom. The summed E-state index contributed by atoms with van der Waals surface area (Å²) in [6.45, 7) is 3.27. The molecule has 0 fully saturated rings. The van der Waals surface area contributed by atoms with Gasteiger partial charge in [0.05, 0.1) is 0 Å². The van der Waals surface area contributed by atoms with Crippen molar-refractivity contribution in [2.24, 2.45) is 5.73 Å². The van der Waals surface area contributed by atoms with Gasteiger partial charge in [0.1, 0.15) is 0 Å². The third-order valence-electron chi connectivity index (χ3n) is 1.66. The highest BCUT2D eigenvalue weighted by molar-refractivity contribution is 4.60. The van der Waals surface area contributed by atoms with Crippen molar-refractivity contribution in [2.45, 2.75) is 38.6 Å². The second-order valence-electron chi connectivity index (χ2n) is 2.79. The highest BCUT2D eigenvalue weighted by atomic mass is 14.8. The molecule has 2 heteroatoms. The van der Waals surface area contributed by atoms with Crippen molar-refractivity contribution >= 4 is 0 Å². The van der Waals surface area contributed by atoms with Crippen LogP contribution in [0.25, 0.3) is 0 Å².